The zero-order valence-electron chi connectivity index (χ0n) is 25.4. The number of phenolic OH excluding ortho intramolecular Hbond substituents is 1. The third kappa shape index (κ3) is 4.43. The van der Waals surface area contributed by atoms with Crippen LogP contribution in [-0.4, -0.2) is 40.8 Å². The first-order valence-corrected chi connectivity index (χ1v) is 16.2. The number of ether oxygens (including phenoxy) is 1. The molecule has 1 N–H and O–H groups in total. The Bertz CT molecular complexity index is 2020. The molecule has 2 heterocycles. The van der Waals surface area contributed by atoms with Crippen molar-refractivity contribution >= 4 is 68.2 Å². The lowest BCUT2D eigenvalue weighted by Crippen LogP contribution is -2.49. The summed E-state index contributed by atoms with van der Waals surface area (Å²) in [6.45, 7) is 1.64. The SMILES string of the molecule is COc1cc(Br)cc(C2C3=CCC4C(=O)N(c5cccc([N+](=O)[O-])c5)C(=O)C4C3CC3C(=O)N(c4ccc(F)c(Cl)c4)C(=O)C32C)c1O. The van der Waals surface area contributed by atoms with Gasteiger partial charge in [-0.15, -0.1) is 0 Å². The number of methoxy groups -OCH3 is 1. The van der Waals surface area contributed by atoms with E-state index < -0.39 is 69.4 Å². The molecule has 0 bridgehead atoms. The summed E-state index contributed by atoms with van der Waals surface area (Å²) in [5.41, 5.74) is -0.774. The smallest absolute Gasteiger partial charge is 0.271 e. The van der Waals surface area contributed by atoms with Gasteiger partial charge in [-0.25, -0.2) is 14.2 Å². The van der Waals surface area contributed by atoms with Crippen LogP contribution in [0.25, 0.3) is 0 Å². The minimum Gasteiger partial charge on any atom is -0.504 e. The molecule has 14 heteroatoms. The summed E-state index contributed by atoms with van der Waals surface area (Å²) in [5.74, 6) is -7.63. The number of anilines is 2. The second kappa shape index (κ2) is 11.2. The molecule has 7 rings (SSSR count). The van der Waals surface area contributed by atoms with Crippen molar-refractivity contribution in [3.8, 4) is 11.5 Å². The van der Waals surface area contributed by atoms with Crippen LogP contribution in [0, 0.1) is 45.0 Å². The third-order valence-electron chi connectivity index (χ3n) is 10.3. The highest BCUT2D eigenvalue weighted by atomic mass is 79.9. The van der Waals surface area contributed by atoms with E-state index in [1.165, 1.54) is 43.5 Å². The molecular formula is C34H26BrClFN3O8. The van der Waals surface area contributed by atoms with Crippen LogP contribution in [0.3, 0.4) is 0 Å². The van der Waals surface area contributed by atoms with E-state index in [9.17, 15) is 38.8 Å². The Morgan fingerprint density at radius 1 is 1.02 bits per heavy atom. The molecule has 4 aliphatic rings. The number of phenols is 1. The molecule has 2 aliphatic carbocycles. The number of nitro benzene ring substituents is 1. The van der Waals surface area contributed by atoms with Crippen LogP contribution in [0.4, 0.5) is 21.5 Å². The lowest BCUT2D eigenvalue weighted by Gasteiger charge is -2.49. The van der Waals surface area contributed by atoms with E-state index in [4.69, 9.17) is 16.3 Å². The molecule has 3 fully saturated rings. The fourth-order valence-corrected chi connectivity index (χ4v) is 8.83. The molecule has 6 unspecified atom stereocenters. The summed E-state index contributed by atoms with van der Waals surface area (Å²) in [4.78, 5) is 69.8. The van der Waals surface area contributed by atoms with Gasteiger partial charge < -0.3 is 9.84 Å². The number of hydrogen-bond donors (Lipinski definition) is 1. The number of carbonyl (C=O) groups is 4. The summed E-state index contributed by atoms with van der Waals surface area (Å²) < 4.78 is 20.1. The van der Waals surface area contributed by atoms with Gasteiger partial charge in [0.05, 0.1) is 51.6 Å². The summed E-state index contributed by atoms with van der Waals surface area (Å²) >= 11 is 9.51. The lowest BCUT2D eigenvalue weighted by atomic mass is 9.51. The van der Waals surface area contributed by atoms with Crippen LogP contribution in [0.1, 0.15) is 31.2 Å². The molecule has 246 valence electrons. The van der Waals surface area contributed by atoms with E-state index in [-0.39, 0.29) is 52.0 Å². The average Bonchev–Trinajstić information content (AvgIpc) is 3.43. The predicted molar refractivity (Wildman–Crippen MR) is 174 cm³/mol. The van der Waals surface area contributed by atoms with E-state index in [1.807, 2.05) is 6.08 Å². The number of carbonyl (C=O) groups excluding carboxylic acids is 4. The first kappa shape index (κ1) is 32.0. The van der Waals surface area contributed by atoms with Crippen LogP contribution < -0.4 is 14.5 Å². The van der Waals surface area contributed by atoms with Crippen molar-refractivity contribution < 1.29 is 38.3 Å². The largest absolute Gasteiger partial charge is 0.504 e. The highest BCUT2D eigenvalue weighted by molar-refractivity contribution is 9.10. The van der Waals surface area contributed by atoms with Crippen molar-refractivity contribution in [3.63, 3.8) is 0 Å². The quantitative estimate of drug-likeness (QED) is 0.139. The van der Waals surface area contributed by atoms with Crippen LogP contribution in [0.15, 0.2) is 70.7 Å². The summed E-state index contributed by atoms with van der Waals surface area (Å²) in [6.07, 6.45) is 1.95. The van der Waals surface area contributed by atoms with Crippen molar-refractivity contribution in [1.29, 1.82) is 0 Å². The number of amides is 4. The molecule has 0 aromatic heterocycles. The number of imide groups is 2. The Labute approximate surface area is 286 Å². The topological polar surface area (TPSA) is 147 Å². The van der Waals surface area contributed by atoms with Gasteiger partial charge in [-0.1, -0.05) is 45.2 Å². The second-order valence-electron chi connectivity index (χ2n) is 12.6. The molecule has 1 saturated carbocycles. The molecule has 3 aromatic rings. The summed E-state index contributed by atoms with van der Waals surface area (Å²) in [7, 11) is 1.37. The molecular weight excluding hydrogens is 713 g/mol. The monoisotopic (exact) mass is 737 g/mol. The van der Waals surface area contributed by atoms with Gasteiger partial charge in [-0.3, -0.25) is 29.3 Å². The van der Waals surface area contributed by atoms with Gasteiger partial charge in [-0.2, -0.15) is 0 Å². The number of fused-ring (bicyclic) bond motifs is 4. The van der Waals surface area contributed by atoms with Gasteiger partial charge in [0, 0.05) is 28.1 Å². The molecule has 0 spiro atoms. The zero-order chi connectivity index (χ0) is 34.4. The Morgan fingerprint density at radius 3 is 2.44 bits per heavy atom. The Kier molecular flexibility index (Phi) is 7.48. The van der Waals surface area contributed by atoms with Crippen molar-refractivity contribution in [3.05, 3.63) is 97.2 Å². The number of non-ortho nitro benzene ring substituents is 1. The maximum Gasteiger partial charge on any atom is 0.271 e. The number of allylic oxidation sites excluding steroid dienone is 2. The van der Waals surface area contributed by atoms with Crippen molar-refractivity contribution in [2.24, 2.45) is 29.1 Å². The normalized spacial score (nSPS) is 27.9. The number of rotatable bonds is 5. The van der Waals surface area contributed by atoms with E-state index >= 15 is 0 Å². The first-order valence-electron chi connectivity index (χ1n) is 15.0. The fraction of sp³-hybridized carbons (Fsp3) is 0.294. The zero-order valence-corrected chi connectivity index (χ0v) is 27.7. The molecule has 0 radical (unpaired) electrons. The van der Waals surface area contributed by atoms with Gasteiger partial charge in [0.25, 0.3) is 5.69 Å². The molecule has 3 aromatic carbocycles. The van der Waals surface area contributed by atoms with Crippen LogP contribution >= 0.6 is 27.5 Å². The Balaban J connectivity index is 1.39. The minimum absolute atomic E-state index is 0.0176. The number of hydrogen-bond acceptors (Lipinski definition) is 8. The fourth-order valence-electron chi connectivity index (χ4n) is 8.20. The average molecular weight is 739 g/mol. The van der Waals surface area contributed by atoms with Gasteiger partial charge in [-0.05, 0) is 62.1 Å². The first-order chi connectivity index (χ1) is 22.8. The van der Waals surface area contributed by atoms with Gasteiger partial charge in [0.2, 0.25) is 23.6 Å². The van der Waals surface area contributed by atoms with Crippen LogP contribution in [-0.2, 0) is 19.2 Å². The maximum absolute atomic E-state index is 14.6. The predicted octanol–water partition coefficient (Wildman–Crippen LogP) is 6.30. The maximum atomic E-state index is 14.6. The number of aromatic hydroxyl groups is 1. The Hall–Kier alpha value is -4.62. The molecule has 11 nitrogen and oxygen atoms in total. The van der Waals surface area contributed by atoms with Gasteiger partial charge in [0.15, 0.2) is 11.5 Å². The third-order valence-corrected chi connectivity index (χ3v) is 11.1. The van der Waals surface area contributed by atoms with E-state index in [2.05, 4.69) is 15.9 Å². The van der Waals surface area contributed by atoms with E-state index in [1.54, 1.807) is 19.1 Å². The van der Waals surface area contributed by atoms with E-state index in [0.29, 0.717) is 10.0 Å². The molecule has 6 atom stereocenters. The number of halogens is 3. The number of nitrogens with zero attached hydrogens (tertiary/aromatic N) is 3. The van der Waals surface area contributed by atoms with Crippen molar-refractivity contribution in [1.82, 2.24) is 0 Å². The standard InChI is InChI=1S/C34H26BrClFN3O8/c1-34-23(31(43)39(33(34)45)17-6-9-25(37)24(36)13-17)14-21-19(28(34)22-10-15(35)11-26(48-2)29(22)41)7-8-20-27(21)32(44)38(30(20)42)16-4-3-5-18(12-16)40(46)47/h3-7,9-13,20-21,23,27-28,41H,8,14H2,1-2H3. The highest BCUT2D eigenvalue weighted by Gasteiger charge is 2.68. The highest BCUT2D eigenvalue weighted by Crippen LogP contribution is 2.65. The number of nitro groups is 1. The van der Waals surface area contributed by atoms with E-state index in [0.717, 1.165) is 15.9 Å². The number of benzene rings is 3. The lowest BCUT2D eigenvalue weighted by molar-refractivity contribution is -0.384. The van der Waals surface area contributed by atoms with Crippen LogP contribution in [0.2, 0.25) is 5.02 Å². The van der Waals surface area contributed by atoms with Crippen LogP contribution in [0.5, 0.6) is 11.5 Å². The molecule has 4 amide bonds. The second-order valence-corrected chi connectivity index (χ2v) is 13.9. The summed E-state index contributed by atoms with van der Waals surface area (Å²) in [5, 5.41) is 22.7. The summed E-state index contributed by atoms with van der Waals surface area (Å²) in [6, 6.07) is 12.0. The van der Waals surface area contributed by atoms with Crippen molar-refractivity contribution in [2.45, 2.75) is 25.7 Å². The van der Waals surface area contributed by atoms with Gasteiger partial charge >= 0.3 is 0 Å². The van der Waals surface area contributed by atoms with Crippen molar-refractivity contribution in [2.75, 3.05) is 16.9 Å². The minimum atomic E-state index is -1.50. The molecule has 2 aliphatic heterocycles. The molecule has 48 heavy (non-hydrogen) atoms. The van der Waals surface area contributed by atoms with Gasteiger partial charge in [0.1, 0.15) is 5.82 Å². The molecule has 2 saturated heterocycles. The Morgan fingerprint density at radius 2 is 1.75 bits per heavy atom.